The summed E-state index contributed by atoms with van der Waals surface area (Å²) in [6, 6.07) is 27.0. The Morgan fingerprint density at radius 1 is 0.842 bits per heavy atom. The van der Waals surface area contributed by atoms with E-state index in [9.17, 15) is 22.3 Å². The fourth-order valence-corrected chi connectivity index (χ4v) is 5.84. The lowest BCUT2D eigenvalue weighted by Gasteiger charge is -2.50. The molecule has 1 fully saturated rings. The molecule has 1 N–H and O–H groups in total. The van der Waals surface area contributed by atoms with Crippen molar-refractivity contribution in [1.29, 1.82) is 0 Å². The molecule has 0 spiro atoms. The van der Waals surface area contributed by atoms with Crippen LogP contribution in [-0.2, 0) is 10.1 Å². The molecule has 0 unspecified atom stereocenters. The summed E-state index contributed by atoms with van der Waals surface area (Å²) >= 11 is 0. The van der Waals surface area contributed by atoms with Crippen molar-refractivity contribution in [1.82, 2.24) is 0 Å². The molecule has 1 heterocycles. The normalized spacial score (nSPS) is 18.0. The van der Waals surface area contributed by atoms with E-state index >= 15 is 0 Å². The van der Waals surface area contributed by atoms with Gasteiger partial charge in [0, 0.05) is 18.2 Å². The van der Waals surface area contributed by atoms with Gasteiger partial charge in [0.1, 0.15) is 22.3 Å². The van der Waals surface area contributed by atoms with Crippen molar-refractivity contribution in [3.8, 4) is 5.75 Å². The zero-order valence-electron chi connectivity index (χ0n) is 20.5. The molecule has 1 aliphatic rings. The first-order valence-electron chi connectivity index (χ1n) is 12.4. The third kappa shape index (κ3) is 5.71. The van der Waals surface area contributed by atoms with Crippen LogP contribution >= 0.6 is 0 Å². The molecule has 0 bridgehead atoms. The lowest BCUT2D eigenvalue weighted by molar-refractivity contribution is 0.144. The molecule has 0 saturated carbocycles. The van der Waals surface area contributed by atoms with Crippen LogP contribution in [0.5, 0.6) is 5.75 Å². The fourth-order valence-electron chi connectivity index (χ4n) is 4.89. The molecule has 8 heteroatoms. The van der Waals surface area contributed by atoms with Crippen molar-refractivity contribution in [2.45, 2.75) is 29.9 Å². The maximum Gasteiger partial charge on any atom is 0.339 e. The molecule has 0 aliphatic carbocycles. The fraction of sp³-hybridized carbons (Fsp3) is 0.200. The van der Waals surface area contributed by atoms with Gasteiger partial charge in [0.2, 0.25) is 0 Å². The molecule has 196 valence electrons. The number of halogens is 2. The standard InChI is InChI=1S/C30H27F2NO4S/c31-24-11-6-21(7-12-24)29(34)19-10-23-20-33(26-15-13-25(32)14-16-26)30(23)22-8-17-27(18-9-22)37-38(35,36)28-4-2-1-3-5-28/h1-9,11-18,23,29-30,34H,10,19-20H2/t23-,29-,30+/m0/s1. The van der Waals surface area contributed by atoms with Gasteiger partial charge in [-0.1, -0.05) is 42.5 Å². The van der Waals surface area contributed by atoms with Crippen LogP contribution in [0.4, 0.5) is 14.5 Å². The summed E-state index contributed by atoms with van der Waals surface area (Å²) in [4.78, 5) is 2.23. The van der Waals surface area contributed by atoms with E-state index in [1.165, 1.54) is 36.4 Å². The highest BCUT2D eigenvalue weighted by molar-refractivity contribution is 7.87. The number of anilines is 1. The zero-order chi connectivity index (χ0) is 26.7. The smallest absolute Gasteiger partial charge is 0.339 e. The number of nitrogens with zero attached hydrogens (tertiary/aromatic N) is 1. The average Bonchev–Trinajstić information content (AvgIpc) is 2.91. The van der Waals surface area contributed by atoms with Crippen LogP contribution in [0.3, 0.4) is 0 Å². The van der Waals surface area contributed by atoms with E-state index in [1.807, 2.05) is 12.1 Å². The van der Waals surface area contributed by atoms with Gasteiger partial charge in [-0.3, -0.25) is 0 Å². The average molecular weight is 536 g/mol. The lowest BCUT2D eigenvalue weighted by Crippen LogP contribution is -2.50. The Kier molecular flexibility index (Phi) is 7.44. The minimum absolute atomic E-state index is 0.0549. The molecular formula is C30H27F2NO4S. The molecule has 3 atom stereocenters. The number of hydrogen-bond acceptors (Lipinski definition) is 5. The highest BCUT2D eigenvalue weighted by Crippen LogP contribution is 2.45. The zero-order valence-corrected chi connectivity index (χ0v) is 21.3. The Morgan fingerprint density at radius 2 is 1.45 bits per heavy atom. The van der Waals surface area contributed by atoms with Crippen LogP contribution in [-0.4, -0.2) is 20.1 Å². The van der Waals surface area contributed by atoms with Crippen LogP contribution in [0, 0.1) is 17.6 Å². The predicted molar refractivity (Wildman–Crippen MR) is 141 cm³/mol. The molecule has 4 aromatic rings. The summed E-state index contributed by atoms with van der Waals surface area (Å²) in [7, 11) is -3.95. The minimum Gasteiger partial charge on any atom is -0.388 e. The van der Waals surface area contributed by atoms with Gasteiger partial charge in [-0.2, -0.15) is 8.42 Å². The second-order valence-electron chi connectivity index (χ2n) is 9.40. The van der Waals surface area contributed by atoms with Gasteiger partial charge in [0.15, 0.2) is 0 Å². The SMILES string of the molecule is O=S(=O)(Oc1ccc([C@@H]2[C@@H](CC[C@H](O)c3ccc(F)cc3)CN2c2ccc(F)cc2)cc1)c1ccccc1. The topological polar surface area (TPSA) is 66.8 Å². The van der Waals surface area contributed by atoms with E-state index in [1.54, 1.807) is 54.6 Å². The van der Waals surface area contributed by atoms with E-state index in [0.29, 0.717) is 24.9 Å². The van der Waals surface area contributed by atoms with E-state index in [-0.39, 0.29) is 34.2 Å². The van der Waals surface area contributed by atoms with Gasteiger partial charge in [0.05, 0.1) is 12.1 Å². The minimum atomic E-state index is -3.95. The maximum atomic E-state index is 13.5. The second kappa shape index (κ2) is 10.9. The maximum absolute atomic E-state index is 13.5. The molecule has 0 aromatic heterocycles. The Hall–Kier alpha value is -3.75. The summed E-state index contributed by atoms with van der Waals surface area (Å²) in [6.07, 6.45) is 0.498. The number of hydrogen-bond donors (Lipinski definition) is 1. The summed E-state index contributed by atoms with van der Waals surface area (Å²) in [5, 5.41) is 10.6. The summed E-state index contributed by atoms with van der Waals surface area (Å²) in [5.74, 6) is -0.270. The third-order valence-corrected chi connectivity index (χ3v) is 8.16. The third-order valence-electron chi connectivity index (χ3n) is 6.90. The van der Waals surface area contributed by atoms with E-state index < -0.39 is 16.2 Å². The van der Waals surface area contributed by atoms with Gasteiger partial charge in [-0.05, 0) is 84.6 Å². The van der Waals surface area contributed by atoms with E-state index in [4.69, 9.17) is 4.18 Å². The molecule has 0 amide bonds. The molecule has 5 nitrogen and oxygen atoms in total. The van der Waals surface area contributed by atoms with Crippen molar-refractivity contribution >= 4 is 15.8 Å². The molecule has 0 radical (unpaired) electrons. The van der Waals surface area contributed by atoms with Gasteiger partial charge in [-0.15, -0.1) is 0 Å². The van der Waals surface area contributed by atoms with Gasteiger partial charge in [-0.25, -0.2) is 8.78 Å². The summed E-state index contributed by atoms with van der Waals surface area (Å²) in [5.41, 5.74) is 2.49. The van der Waals surface area contributed by atoms with Crippen LogP contribution in [0.1, 0.15) is 36.1 Å². The first-order valence-corrected chi connectivity index (χ1v) is 13.8. The van der Waals surface area contributed by atoms with Crippen molar-refractivity contribution in [3.05, 3.63) is 126 Å². The monoisotopic (exact) mass is 535 g/mol. The highest BCUT2D eigenvalue weighted by Gasteiger charge is 2.40. The number of rotatable bonds is 9. The van der Waals surface area contributed by atoms with Crippen molar-refractivity contribution < 1.29 is 26.5 Å². The quantitative estimate of drug-likeness (QED) is 0.251. The van der Waals surface area contributed by atoms with Crippen LogP contribution in [0.2, 0.25) is 0 Å². The first kappa shape index (κ1) is 25.9. The molecule has 38 heavy (non-hydrogen) atoms. The highest BCUT2D eigenvalue weighted by atomic mass is 32.2. The molecule has 1 saturated heterocycles. The Balaban J connectivity index is 1.33. The summed E-state index contributed by atoms with van der Waals surface area (Å²) < 4.78 is 57.3. The largest absolute Gasteiger partial charge is 0.388 e. The predicted octanol–water partition coefficient (Wildman–Crippen LogP) is 6.42. The Morgan fingerprint density at radius 3 is 2.08 bits per heavy atom. The van der Waals surface area contributed by atoms with Crippen LogP contribution in [0.25, 0.3) is 0 Å². The number of aliphatic hydroxyl groups excluding tert-OH is 1. The van der Waals surface area contributed by atoms with Gasteiger partial charge >= 0.3 is 10.1 Å². The van der Waals surface area contributed by atoms with E-state index in [2.05, 4.69) is 4.90 Å². The van der Waals surface area contributed by atoms with Crippen molar-refractivity contribution in [2.24, 2.45) is 5.92 Å². The number of benzene rings is 4. The summed E-state index contributed by atoms with van der Waals surface area (Å²) in [6.45, 7) is 0.715. The Labute approximate surface area is 221 Å². The van der Waals surface area contributed by atoms with E-state index in [0.717, 1.165) is 11.3 Å². The second-order valence-corrected chi connectivity index (χ2v) is 10.9. The first-order chi connectivity index (χ1) is 18.3. The molecular weight excluding hydrogens is 508 g/mol. The molecule has 1 aliphatic heterocycles. The lowest BCUT2D eigenvalue weighted by atomic mass is 9.79. The Bertz CT molecular complexity index is 1460. The van der Waals surface area contributed by atoms with Crippen molar-refractivity contribution in [2.75, 3.05) is 11.4 Å². The van der Waals surface area contributed by atoms with Gasteiger partial charge < -0.3 is 14.2 Å². The van der Waals surface area contributed by atoms with Crippen molar-refractivity contribution in [3.63, 3.8) is 0 Å². The van der Waals surface area contributed by atoms with Gasteiger partial charge in [0.25, 0.3) is 0 Å². The van der Waals surface area contributed by atoms with Crippen LogP contribution in [0.15, 0.2) is 108 Å². The molecule has 4 aromatic carbocycles. The van der Waals surface area contributed by atoms with Crippen LogP contribution < -0.4 is 9.08 Å². The molecule has 5 rings (SSSR count). The number of aliphatic hydroxyl groups is 1.